The van der Waals surface area contributed by atoms with E-state index in [9.17, 15) is 4.39 Å². The molecule has 1 heterocycles. The van der Waals surface area contributed by atoms with Crippen molar-refractivity contribution >= 4 is 17.3 Å². The van der Waals surface area contributed by atoms with Crippen LogP contribution in [0.3, 0.4) is 0 Å². The number of rotatable bonds is 1. The molecule has 16 heavy (non-hydrogen) atoms. The fourth-order valence-electron chi connectivity index (χ4n) is 1.63. The monoisotopic (exact) mass is 243 g/mol. The standard InChI is InChI=1S/C12H15ClFNO/c1-7(2)12(3)6-15-10-4-8(13)9(14)5-11(10)16-12/h4-5,7,15H,6H2,1-3H3. The van der Waals surface area contributed by atoms with Gasteiger partial charge in [0.1, 0.15) is 17.2 Å². The fraction of sp³-hybridized carbons (Fsp3) is 0.500. The SMILES string of the molecule is CC(C)C1(C)CNc2cc(Cl)c(F)cc2O1. The maximum atomic E-state index is 13.3. The molecule has 0 aliphatic carbocycles. The van der Waals surface area contributed by atoms with Crippen LogP contribution in [-0.4, -0.2) is 12.1 Å². The smallest absolute Gasteiger partial charge is 0.146 e. The summed E-state index contributed by atoms with van der Waals surface area (Å²) in [4.78, 5) is 0. The maximum absolute atomic E-state index is 13.3. The molecule has 1 atom stereocenters. The molecule has 2 nitrogen and oxygen atoms in total. The van der Waals surface area contributed by atoms with Crippen LogP contribution in [0, 0.1) is 11.7 Å². The van der Waals surface area contributed by atoms with Gasteiger partial charge < -0.3 is 10.1 Å². The molecule has 0 amide bonds. The lowest BCUT2D eigenvalue weighted by molar-refractivity contribution is 0.0472. The number of halogens is 2. The summed E-state index contributed by atoms with van der Waals surface area (Å²) in [6, 6.07) is 2.90. The molecule has 0 bridgehead atoms. The molecule has 1 aromatic carbocycles. The van der Waals surface area contributed by atoms with Gasteiger partial charge in [0, 0.05) is 6.07 Å². The van der Waals surface area contributed by atoms with Crippen LogP contribution in [0.25, 0.3) is 0 Å². The Morgan fingerprint density at radius 1 is 1.50 bits per heavy atom. The molecular formula is C12H15ClFNO. The number of anilines is 1. The second-order valence-corrected chi connectivity index (χ2v) is 5.09. The number of nitrogens with one attached hydrogen (secondary N) is 1. The Morgan fingerprint density at radius 3 is 2.81 bits per heavy atom. The number of hydrogen-bond donors (Lipinski definition) is 1. The van der Waals surface area contributed by atoms with E-state index in [0.717, 1.165) is 5.69 Å². The number of benzene rings is 1. The van der Waals surface area contributed by atoms with Crippen molar-refractivity contribution < 1.29 is 9.13 Å². The lowest BCUT2D eigenvalue weighted by Crippen LogP contribution is -2.47. The summed E-state index contributed by atoms with van der Waals surface area (Å²) in [5, 5.41) is 3.34. The highest BCUT2D eigenvalue weighted by Gasteiger charge is 2.35. The first-order valence-electron chi connectivity index (χ1n) is 5.34. The van der Waals surface area contributed by atoms with E-state index >= 15 is 0 Å². The Labute approximate surface area is 99.7 Å². The van der Waals surface area contributed by atoms with Crippen LogP contribution in [0.4, 0.5) is 10.1 Å². The highest BCUT2D eigenvalue weighted by atomic mass is 35.5. The molecule has 1 aromatic rings. The van der Waals surface area contributed by atoms with Gasteiger partial charge in [-0.1, -0.05) is 25.4 Å². The van der Waals surface area contributed by atoms with E-state index in [0.29, 0.717) is 18.2 Å². The molecule has 0 aromatic heterocycles. The van der Waals surface area contributed by atoms with Crippen molar-refractivity contribution in [2.75, 3.05) is 11.9 Å². The zero-order valence-electron chi connectivity index (χ0n) is 9.60. The Kier molecular flexibility index (Phi) is 2.74. The highest BCUT2D eigenvalue weighted by Crippen LogP contribution is 2.38. The van der Waals surface area contributed by atoms with E-state index in [1.54, 1.807) is 6.07 Å². The average Bonchev–Trinajstić information content (AvgIpc) is 2.20. The largest absolute Gasteiger partial charge is 0.483 e. The quantitative estimate of drug-likeness (QED) is 0.812. The Bertz CT molecular complexity index is 422. The van der Waals surface area contributed by atoms with Crippen LogP contribution in [-0.2, 0) is 0 Å². The number of fused-ring (bicyclic) bond motifs is 1. The minimum absolute atomic E-state index is 0.114. The molecule has 0 radical (unpaired) electrons. The summed E-state index contributed by atoms with van der Waals surface area (Å²) in [5.74, 6) is 0.423. The van der Waals surface area contributed by atoms with E-state index in [4.69, 9.17) is 16.3 Å². The first kappa shape index (κ1) is 11.5. The molecule has 4 heteroatoms. The molecule has 1 aliphatic heterocycles. The molecule has 88 valence electrons. The van der Waals surface area contributed by atoms with Crippen LogP contribution >= 0.6 is 11.6 Å². The Hall–Kier alpha value is -0.960. The van der Waals surface area contributed by atoms with Crippen LogP contribution in [0.5, 0.6) is 5.75 Å². The Balaban J connectivity index is 2.37. The van der Waals surface area contributed by atoms with E-state index in [2.05, 4.69) is 19.2 Å². The zero-order valence-corrected chi connectivity index (χ0v) is 10.4. The molecule has 2 rings (SSSR count). The molecule has 0 saturated heterocycles. The fourth-order valence-corrected chi connectivity index (χ4v) is 1.79. The van der Waals surface area contributed by atoms with Crippen LogP contribution < -0.4 is 10.1 Å². The molecule has 1 aliphatic rings. The summed E-state index contributed by atoms with van der Waals surface area (Å²) in [7, 11) is 0. The predicted molar refractivity (Wildman–Crippen MR) is 63.8 cm³/mol. The minimum atomic E-state index is -0.449. The van der Waals surface area contributed by atoms with E-state index in [1.807, 2.05) is 6.92 Å². The van der Waals surface area contributed by atoms with Crippen molar-refractivity contribution in [2.45, 2.75) is 26.4 Å². The van der Waals surface area contributed by atoms with Crippen LogP contribution in [0.1, 0.15) is 20.8 Å². The van der Waals surface area contributed by atoms with Gasteiger partial charge in [-0.2, -0.15) is 0 Å². The van der Waals surface area contributed by atoms with Crippen molar-refractivity contribution in [3.8, 4) is 5.75 Å². The molecule has 0 saturated carbocycles. The first-order chi connectivity index (χ1) is 7.42. The molecule has 1 unspecified atom stereocenters. The van der Waals surface area contributed by atoms with Gasteiger partial charge in [-0.25, -0.2) is 4.39 Å². The van der Waals surface area contributed by atoms with Gasteiger partial charge in [-0.05, 0) is 18.9 Å². The summed E-state index contributed by atoms with van der Waals surface area (Å²) < 4.78 is 19.2. The van der Waals surface area contributed by atoms with Gasteiger partial charge in [0.15, 0.2) is 0 Å². The third-order valence-electron chi connectivity index (χ3n) is 3.22. The van der Waals surface area contributed by atoms with Gasteiger partial charge in [0.05, 0.1) is 17.3 Å². The third-order valence-corrected chi connectivity index (χ3v) is 3.51. The maximum Gasteiger partial charge on any atom is 0.146 e. The number of hydrogen-bond acceptors (Lipinski definition) is 2. The summed E-state index contributed by atoms with van der Waals surface area (Å²) >= 11 is 5.71. The van der Waals surface area contributed by atoms with E-state index in [1.165, 1.54) is 6.07 Å². The molecule has 1 N–H and O–H groups in total. The van der Waals surface area contributed by atoms with Crippen LogP contribution in [0.2, 0.25) is 5.02 Å². The average molecular weight is 244 g/mol. The lowest BCUT2D eigenvalue weighted by Gasteiger charge is -2.39. The van der Waals surface area contributed by atoms with Gasteiger partial charge in [-0.3, -0.25) is 0 Å². The second kappa shape index (κ2) is 3.81. The molecule has 0 fully saturated rings. The lowest BCUT2D eigenvalue weighted by atomic mass is 9.91. The van der Waals surface area contributed by atoms with Gasteiger partial charge in [-0.15, -0.1) is 0 Å². The highest BCUT2D eigenvalue weighted by molar-refractivity contribution is 6.31. The topological polar surface area (TPSA) is 21.3 Å². The Morgan fingerprint density at radius 2 is 2.19 bits per heavy atom. The van der Waals surface area contributed by atoms with Crippen LogP contribution in [0.15, 0.2) is 12.1 Å². The van der Waals surface area contributed by atoms with Gasteiger partial charge in [0.2, 0.25) is 0 Å². The van der Waals surface area contributed by atoms with Crippen molar-refractivity contribution in [3.05, 3.63) is 23.0 Å². The summed E-state index contributed by atoms with van der Waals surface area (Å²) in [6.07, 6.45) is 0. The third kappa shape index (κ3) is 1.84. The minimum Gasteiger partial charge on any atom is -0.483 e. The van der Waals surface area contributed by atoms with Crippen molar-refractivity contribution in [3.63, 3.8) is 0 Å². The number of ether oxygens (including phenoxy) is 1. The molecule has 0 spiro atoms. The van der Waals surface area contributed by atoms with Crippen molar-refractivity contribution in [2.24, 2.45) is 5.92 Å². The second-order valence-electron chi connectivity index (χ2n) is 4.69. The van der Waals surface area contributed by atoms with Crippen molar-refractivity contribution in [1.29, 1.82) is 0 Å². The first-order valence-corrected chi connectivity index (χ1v) is 5.72. The predicted octanol–water partition coefficient (Wildman–Crippen LogP) is 3.70. The van der Waals surface area contributed by atoms with E-state index < -0.39 is 5.82 Å². The normalized spacial score (nSPS) is 23.6. The van der Waals surface area contributed by atoms with Gasteiger partial charge >= 0.3 is 0 Å². The summed E-state index contributed by atoms with van der Waals surface area (Å²) in [6.45, 7) is 6.87. The van der Waals surface area contributed by atoms with Gasteiger partial charge in [0.25, 0.3) is 0 Å². The van der Waals surface area contributed by atoms with Crippen molar-refractivity contribution in [1.82, 2.24) is 0 Å². The zero-order chi connectivity index (χ0) is 11.9. The van der Waals surface area contributed by atoms with E-state index in [-0.39, 0.29) is 10.6 Å². The molecular weight excluding hydrogens is 229 g/mol. The summed E-state index contributed by atoms with van der Waals surface area (Å²) in [5.41, 5.74) is 0.442.